The predicted molar refractivity (Wildman–Crippen MR) is 241 cm³/mol. The van der Waals surface area contributed by atoms with Crippen LogP contribution >= 0.6 is 0 Å². The van der Waals surface area contributed by atoms with Crippen molar-refractivity contribution in [1.29, 1.82) is 0 Å². The second-order valence-corrected chi connectivity index (χ2v) is 17.2. The minimum Gasteiger partial charge on any atom is -0.491 e. The summed E-state index contributed by atoms with van der Waals surface area (Å²) in [5.41, 5.74) is 3.98. The summed E-state index contributed by atoms with van der Waals surface area (Å²) in [6.07, 6.45) is 4.05. The number of fused-ring (bicyclic) bond motifs is 3. The highest BCUT2D eigenvalue weighted by Crippen LogP contribution is 2.65. The topological polar surface area (TPSA) is 112 Å². The van der Waals surface area contributed by atoms with E-state index in [-0.39, 0.29) is 25.0 Å². The molecule has 3 fully saturated rings. The van der Waals surface area contributed by atoms with Crippen LogP contribution in [-0.2, 0) is 31.1 Å². The summed E-state index contributed by atoms with van der Waals surface area (Å²) < 4.78 is 12.5. The normalized spacial score (nSPS) is 24.4. The third-order valence-corrected chi connectivity index (χ3v) is 13.2. The van der Waals surface area contributed by atoms with E-state index in [9.17, 15) is 5.11 Å². The molecule has 0 aromatic heterocycles. The molecule has 0 radical (unpaired) electrons. The number of rotatable bonds is 10. The molecule has 0 saturated carbocycles. The fourth-order valence-electron chi connectivity index (χ4n) is 10.5. The van der Waals surface area contributed by atoms with Gasteiger partial charge in [0.05, 0.1) is 31.2 Å². The molecule has 2 N–H and O–H groups in total. The Labute approximate surface area is 369 Å². The number of morpholine rings is 1. The molecular weight excluding hydrogens is 789 g/mol. The van der Waals surface area contributed by atoms with Crippen molar-refractivity contribution in [3.05, 3.63) is 167 Å². The number of carbonyl (C=O) groups excluding carboxylic acids is 3. The van der Waals surface area contributed by atoms with Crippen LogP contribution < -0.4 is 10.1 Å². The SMILES string of the molecule is CN(CC#Cc1ccc2c(c1)C1(C(=O)N2)C(C(=O)N2CCCCCCC2)C2C(=O)OC(c3ccccc3)C(c3ccccc3)N2C1c1ccc(OCCO)cc1)Cc1ccccc1. The Morgan fingerprint density at radius 2 is 1.46 bits per heavy atom. The lowest BCUT2D eigenvalue weighted by Gasteiger charge is -2.46. The van der Waals surface area contributed by atoms with Gasteiger partial charge in [0.2, 0.25) is 11.8 Å². The average molecular weight is 843 g/mol. The largest absolute Gasteiger partial charge is 0.491 e. The van der Waals surface area contributed by atoms with Gasteiger partial charge in [0.25, 0.3) is 0 Å². The van der Waals surface area contributed by atoms with Crippen LogP contribution in [0.25, 0.3) is 0 Å². The number of nitrogens with one attached hydrogen (secondary N) is 1. The zero-order valence-electron chi connectivity index (χ0n) is 35.7. The number of aliphatic hydroxyl groups excluding tert-OH is 1. The Morgan fingerprint density at radius 1 is 0.810 bits per heavy atom. The highest BCUT2D eigenvalue weighted by atomic mass is 16.6. The maximum atomic E-state index is 15.8. The summed E-state index contributed by atoms with van der Waals surface area (Å²) in [6.45, 7) is 2.32. The van der Waals surface area contributed by atoms with Gasteiger partial charge in [0, 0.05) is 30.9 Å². The molecule has 9 rings (SSSR count). The molecule has 4 aliphatic rings. The molecule has 4 aliphatic heterocycles. The molecule has 6 atom stereocenters. The zero-order valence-corrected chi connectivity index (χ0v) is 35.7. The molecule has 0 bridgehead atoms. The van der Waals surface area contributed by atoms with E-state index in [4.69, 9.17) is 9.47 Å². The number of amides is 2. The predicted octanol–water partition coefficient (Wildman–Crippen LogP) is 7.60. The van der Waals surface area contributed by atoms with Crippen molar-refractivity contribution in [2.45, 2.75) is 68.3 Å². The van der Waals surface area contributed by atoms with Crippen LogP contribution in [0.3, 0.4) is 0 Å². The van der Waals surface area contributed by atoms with Crippen LogP contribution in [0.15, 0.2) is 133 Å². The monoisotopic (exact) mass is 842 g/mol. The maximum absolute atomic E-state index is 15.8. The number of aliphatic hydroxyl groups is 1. The van der Waals surface area contributed by atoms with E-state index < -0.39 is 41.5 Å². The fraction of sp³-hybridized carbons (Fsp3) is 0.340. The van der Waals surface area contributed by atoms with Crippen molar-refractivity contribution in [1.82, 2.24) is 14.7 Å². The van der Waals surface area contributed by atoms with Crippen LogP contribution in [-0.4, -0.2) is 83.5 Å². The van der Waals surface area contributed by atoms with Crippen LogP contribution in [0, 0.1) is 17.8 Å². The summed E-state index contributed by atoms with van der Waals surface area (Å²) >= 11 is 0. The Kier molecular flexibility index (Phi) is 12.4. The van der Waals surface area contributed by atoms with Crippen LogP contribution in [0.4, 0.5) is 5.69 Å². The van der Waals surface area contributed by atoms with E-state index in [2.05, 4.69) is 39.1 Å². The molecule has 2 amide bonds. The molecule has 0 aliphatic carbocycles. The summed E-state index contributed by atoms with van der Waals surface area (Å²) in [5, 5.41) is 12.8. The third-order valence-electron chi connectivity index (χ3n) is 13.2. The number of esters is 1. The Morgan fingerprint density at radius 3 is 2.14 bits per heavy atom. The quantitative estimate of drug-likeness (QED) is 0.109. The number of carbonyl (C=O) groups is 3. The molecule has 10 nitrogen and oxygen atoms in total. The van der Waals surface area contributed by atoms with Crippen molar-refractivity contribution in [2.75, 3.05) is 45.2 Å². The summed E-state index contributed by atoms with van der Waals surface area (Å²) in [6, 6.07) is 40.7. The molecular formula is C53H54N4O6. The van der Waals surface area contributed by atoms with Crippen LogP contribution in [0.5, 0.6) is 5.75 Å². The molecule has 5 aromatic rings. The minimum atomic E-state index is -1.59. The number of anilines is 1. The van der Waals surface area contributed by atoms with E-state index in [0.29, 0.717) is 42.2 Å². The lowest BCUT2D eigenvalue weighted by molar-refractivity contribution is -0.179. The molecule has 4 heterocycles. The summed E-state index contributed by atoms with van der Waals surface area (Å²) in [7, 11) is 2.04. The summed E-state index contributed by atoms with van der Waals surface area (Å²) in [5.74, 6) is 5.04. The van der Waals surface area contributed by atoms with Gasteiger partial charge in [0.15, 0.2) is 0 Å². The number of ether oxygens (including phenoxy) is 2. The molecule has 63 heavy (non-hydrogen) atoms. The van der Waals surface area contributed by atoms with Crippen molar-refractivity contribution in [3.63, 3.8) is 0 Å². The number of hydrogen-bond acceptors (Lipinski definition) is 8. The van der Waals surface area contributed by atoms with Gasteiger partial charge in [-0.1, -0.05) is 134 Å². The van der Waals surface area contributed by atoms with Gasteiger partial charge in [-0.2, -0.15) is 0 Å². The first-order valence-corrected chi connectivity index (χ1v) is 22.3. The first kappa shape index (κ1) is 42.1. The number of nitrogens with zero attached hydrogens (tertiary/aromatic N) is 3. The van der Waals surface area contributed by atoms with Crippen LogP contribution in [0.2, 0.25) is 0 Å². The van der Waals surface area contributed by atoms with E-state index >= 15 is 14.4 Å². The number of benzene rings is 5. The number of hydrogen-bond donors (Lipinski definition) is 2. The van der Waals surface area contributed by atoms with Crippen molar-refractivity contribution in [3.8, 4) is 17.6 Å². The average Bonchev–Trinajstić information content (AvgIpc) is 3.77. The lowest BCUT2D eigenvalue weighted by atomic mass is 9.65. The number of likely N-dealkylation sites (tertiary alicyclic amines) is 1. The van der Waals surface area contributed by atoms with Crippen molar-refractivity contribution < 1.29 is 29.0 Å². The van der Waals surface area contributed by atoms with Crippen molar-refractivity contribution in [2.24, 2.45) is 5.92 Å². The molecule has 322 valence electrons. The second-order valence-electron chi connectivity index (χ2n) is 17.2. The minimum absolute atomic E-state index is 0.121. The highest BCUT2D eigenvalue weighted by molar-refractivity contribution is 6.12. The molecule has 5 aromatic carbocycles. The Hall–Kier alpha value is -6.25. The van der Waals surface area contributed by atoms with Gasteiger partial charge in [0.1, 0.15) is 29.9 Å². The smallest absolute Gasteiger partial charge is 0.324 e. The van der Waals surface area contributed by atoms with Gasteiger partial charge in [-0.3, -0.25) is 24.2 Å². The zero-order chi connectivity index (χ0) is 43.3. The third kappa shape index (κ3) is 8.13. The molecule has 10 heteroatoms. The number of cyclic esters (lactones) is 1. The molecule has 3 saturated heterocycles. The van der Waals surface area contributed by atoms with Gasteiger partial charge in [-0.05, 0) is 78.0 Å². The first-order valence-electron chi connectivity index (χ1n) is 22.3. The van der Waals surface area contributed by atoms with Crippen molar-refractivity contribution >= 4 is 23.5 Å². The standard InChI is InChI=1S/C53H54N4O6/c1-55(36-38-17-8-5-9-18-38)30-16-19-37-24-29-44-43(35-37)53(52(61)54-44)45(50(59)56-31-14-3-2-4-15-32-56)47-51(60)63-48(40-22-12-7-13-23-40)46(39-20-10-6-11-21-39)57(47)49(53)41-25-27-42(28-26-41)62-34-33-58/h5-13,17-18,20-29,35,45-49,58H,2-4,14-15,30-34,36H2,1H3,(H,54,61). The van der Waals surface area contributed by atoms with E-state index in [0.717, 1.165) is 55.3 Å². The maximum Gasteiger partial charge on any atom is 0.324 e. The van der Waals surface area contributed by atoms with Gasteiger partial charge in [-0.25, -0.2) is 0 Å². The van der Waals surface area contributed by atoms with Gasteiger partial charge in [-0.15, -0.1) is 0 Å². The Balaban J connectivity index is 1.25. The summed E-state index contributed by atoms with van der Waals surface area (Å²) in [4.78, 5) is 52.9. The molecule has 6 unspecified atom stereocenters. The van der Waals surface area contributed by atoms with Crippen LogP contribution in [0.1, 0.15) is 83.7 Å². The van der Waals surface area contributed by atoms with Gasteiger partial charge < -0.3 is 24.8 Å². The molecule has 1 spiro atoms. The van der Waals surface area contributed by atoms with E-state index in [1.807, 2.05) is 133 Å². The highest BCUT2D eigenvalue weighted by Gasteiger charge is 2.74. The fourth-order valence-corrected chi connectivity index (χ4v) is 10.5. The first-order chi connectivity index (χ1) is 30.9. The second kappa shape index (κ2) is 18.6. The van der Waals surface area contributed by atoms with E-state index in [1.54, 1.807) is 0 Å². The Bertz CT molecular complexity index is 2460. The van der Waals surface area contributed by atoms with Gasteiger partial charge >= 0.3 is 5.97 Å². The van der Waals surface area contributed by atoms with E-state index in [1.165, 1.54) is 5.56 Å². The lowest BCUT2D eigenvalue weighted by Crippen LogP contribution is -2.55.